The lowest BCUT2D eigenvalue weighted by Gasteiger charge is -2.11. The first kappa shape index (κ1) is 15.1. The number of aromatic carboxylic acids is 1. The molecular formula is C10H12BrNO5S. The maximum Gasteiger partial charge on any atom is 0.335 e. The van der Waals surface area contributed by atoms with E-state index in [9.17, 15) is 13.2 Å². The fourth-order valence-corrected chi connectivity index (χ4v) is 3.22. The van der Waals surface area contributed by atoms with Gasteiger partial charge in [-0.15, -0.1) is 0 Å². The summed E-state index contributed by atoms with van der Waals surface area (Å²) >= 11 is 3.12. The van der Waals surface area contributed by atoms with Gasteiger partial charge in [-0.05, 0) is 24.6 Å². The van der Waals surface area contributed by atoms with Gasteiger partial charge in [-0.25, -0.2) is 17.9 Å². The first-order valence-corrected chi connectivity index (χ1v) is 7.21. The van der Waals surface area contributed by atoms with E-state index >= 15 is 0 Å². The molecule has 0 amide bonds. The third-order valence-corrected chi connectivity index (χ3v) is 4.65. The summed E-state index contributed by atoms with van der Waals surface area (Å²) in [6.07, 6.45) is 0. The molecule has 6 nitrogen and oxygen atoms in total. The third kappa shape index (κ3) is 3.29. The molecule has 8 heteroatoms. The highest BCUT2D eigenvalue weighted by Crippen LogP contribution is 2.25. The Bertz CT molecular complexity index is 570. The molecule has 0 unspecified atom stereocenters. The second-order valence-corrected chi connectivity index (χ2v) is 6.10. The fourth-order valence-electron chi connectivity index (χ4n) is 1.31. The summed E-state index contributed by atoms with van der Waals surface area (Å²) in [6.45, 7) is 1.10. The molecular weight excluding hydrogens is 326 g/mol. The molecule has 0 atom stereocenters. The zero-order chi connectivity index (χ0) is 13.9. The Balaban J connectivity index is 3.35. The van der Waals surface area contributed by atoms with E-state index in [4.69, 9.17) is 10.2 Å². The van der Waals surface area contributed by atoms with Crippen LogP contribution in [0.4, 0.5) is 0 Å². The number of hydrogen-bond acceptors (Lipinski definition) is 4. The van der Waals surface area contributed by atoms with Gasteiger partial charge >= 0.3 is 5.97 Å². The minimum atomic E-state index is -3.83. The summed E-state index contributed by atoms with van der Waals surface area (Å²) in [7, 11) is -3.83. The minimum absolute atomic E-state index is 0.122. The Morgan fingerprint density at radius 3 is 2.56 bits per heavy atom. The van der Waals surface area contributed by atoms with Crippen LogP contribution in [0.5, 0.6) is 0 Å². The van der Waals surface area contributed by atoms with Crippen LogP contribution >= 0.6 is 15.9 Å². The van der Waals surface area contributed by atoms with Gasteiger partial charge in [0, 0.05) is 11.0 Å². The van der Waals surface area contributed by atoms with E-state index in [1.807, 2.05) is 0 Å². The predicted octanol–water partition coefficient (Wildman–Crippen LogP) is 0.726. The average molecular weight is 338 g/mol. The van der Waals surface area contributed by atoms with Crippen LogP contribution in [0.1, 0.15) is 15.9 Å². The standard InChI is InChI=1S/C10H12BrNO5S/c1-6-8(11)4-7(10(14)15)5-9(6)18(16,17)12-2-3-13/h4-5,12-13H,2-3H2,1H3,(H,14,15). The van der Waals surface area contributed by atoms with Crippen LogP contribution in [0.3, 0.4) is 0 Å². The highest BCUT2D eigenvalue weighted by atomic mass is 79.9. The molecule has 0 fully saturated rings. The van der Waals surface area contributed by atoms with E-state index < -0.39 is 16.0 Å². The number of sulfonamides is 1. The Morgan fingerprint density at radius 2 is 2.06 bits per heavy atom. The molecule has 0 spiro atoms. The molecule has 100 valence electrons. The number of hydrogen-bond donors (Lipinski definition) is 3. The number of carboxylic acids is 1. The molecule has 18 heavy (non-hydrogen) atoms. The number of halogens is 1. The summed E-state index contributed by atoms with van der Waals surface area (Å²) in [6, 6.07) is 2.42. The van der Waals surface area contributed by atoms with Gasteiger partial charge in [0.05, 0.1) is 17.1 Å². The number of benzene rings is 1. The Kier molecular flexibility index (Phi) is 4.85. The maximum absolute atomic E-state index is 11.9. The van der Waals surface area contributed by atoms with Gasteiger partial charge < -0.3 is 10.2 Å². The molecule has 0 bridgehead atoms. The largest absolute Gasteiger partial charge is 0.478 e. The van der Waals surface area contributed by atoms with Crippen molar-refractivity contribution in [3.8, 4) is 0 Å². The number of aliphatic hydroxyl groups excluding tert-OH is 1. The van der Waals surface area contributed by atoms with E-state index in [-0.39, 0.29) is 23.6 Å². The quantitative estimate of drug-likeness (QED) is 0.734. The third-order valence-electron chi connectivity index (χ3n) is 2.24. The summed E-state index contributed by atoms with van der Waals surface area (Å²) in [5.41, 5.74) is 0.280. The first-order chi connectivity index (χ1) is 8.29. The van der Waals surface area contributed by atoms with E-state index in [1.165, 1.54) is 6.07 Å². The smallest absolute Gasteiger partial charge is 0.335 e. The normalized spacial score (nSPS) is 11.5. The predicted molar refractivity (Wildman–Crippen MR) is 68.1 cm³/mol. The number of rotatable bonds is 5. The minimum Gasteiger partial charge on any atom is -0.478 e. The molecule has 3 N–H and O–H groups in total. The molecule has 0 aliphatic rings. The molecule has 1 aromatic carbocycles. The van der Waals surface area contributed by atoms with Gasteiger partial charge in [-0.3, -0.25) is 0 Å². The van der Waals surface area contributed by atoms with Gasteiger partial charge in [0.15, 0.2) is 0 Å². The lowest BCUT2D eigenvalue weighted by molar-refractivity contribution is 0.0696. The van der Waals surface area contributed by atoms with Gasteiger partial charge in [0.1, 0.15) is 0 Å². The lowest BCUT2D eigenvalue weighted by Crippen LogP contribution is -2.27. The highest BCUT2D eigenvalue weighted by Gasteiger charge is 2.20. The van der Waals surface area contributed by atoms with Crippen molar-refractivity contribution in [2.45, 2.75) is 11.8 Å². The molecule has 0 heterocycles. The van der Waals surface area contributed by atoms with Crippen molar-refractivity contribution in [3.63, 3.8) is 0 Å². The zero-order valence-corrected chi connectivity index (χ0v) is 11.9. The summed E-state index contributed by atoms with van der Waals surface area (Å²) < 4.78 is 26.4. The number of aliphatic hydroxyl groups is 1. The first-order valence-electron chi connectivity index (χ1n) is 4.93. The van der Waals surface area contributed by atoms with Crippen molar-refractivity contribution in [1.29, 1.82) is 0 Å². The maximum atomic E-state index is 11.9. The molecule has 0 aliphatic carbocycles. The molecule has 1 aromatic rings. The molecule has 1 rings (SSSR count). The van der Waals surface area contributed by atoms with Crippen molar-refractivity contribution < 1.29 is 23.4 Å². The van der Waals surface area contributed by atoms with Gasteiger partial charge in [-0.1, -0.05) is 15.9 Å². The SMILES string of the molecule is Cc1c(Br)cc(C(=O)O)cc1S(=O)(=O)NCCO. The number of carboxylic acid groups (broad SMARTS) is 1. The number of nitrogens with one attached hydrogen (secondary N) is 1. The van der Waals surface area contributed by atoms with Crippen LogP contribution in [0.2, 0.25) is 0 Å². The zero-order valence-electron chi connectivity index (χ0n) is 9.47. The summed E-state index contributed by atoms with van der Waals surface area (Å²) in [5.74, 6) is -1.21. The fraction of sp³-hybridized carbons (Fsp3) is 0.300. The molecule has 0 saturated carbocycles. The monoisotopic (exact) mass is 337 g/mol. The topological polar surface area (TPSA) is 104 Å². The van der Waals surface area contributed by atoms with Crippen molar-refractivity contribution >= 4 is 31.9 Å². The Labute approximate surface area is 113 Å². The number of carbonyl (C=O) groups is 1. The summed E-state index contributed by atoms with van der Waals surface area (Å²) in [4.78, 5) is 10.8. The van der Waals surface area contributed by atoms with E-state index in [2.05, 4.69) is 20.7 Å². The van der Waals surface area contributed by atoms with Crippen LogP contribution in [-0.2, 0) is 10.0 Å². The molecule has 0 saturated heterocycles. The van der Waals surface area contributed by atoms with Crippen LogP contribution in [0.25, 0.3) is 0 Å². The van der Waals surface area contributed by atoms with Crippen molar-refractivity contribution in [2.24, 2.45) is 0 Å². The van der Waals surface area contributed by atoms with Crippen molar-refractivity contribution in [2.75, 3.05) is 13.2 Å². The Morgan fingerprint density at radius 1 is 1.44 bits per heavy atom. The lowest BCUT2D eigenvalue weighted by atomic mass is 10.1. The second kappa shape index (κ2) is 5.79. The van der Waals surface area contributed by atoms with E-state index in [0.717, 1.165) is 6.07 Å². The molecule has 0 radical (unpaired) electrons. The average Bonchev–Trinajstić information content (AvgIpc) is 2.29. The van der Waals surface area contributed by atoms with Crippen molar-refractivity contribution in [3.05, 3.63) is 27.7 Å². The van der Waals surface area contributed by atoms with Gasteiger partial charge in [-0.2, -0.15) is 0 Å². The summed E-state index contributed by atoms with van der Waals surface area (Å²) in [5, 5.41) is 17.5. The molecule has 0 aromatic heterocycles. The van der Waals surface area contributed by atoms with Gasteiger partial charge in [0.2, 0.25) is 10.0 Å². The second-order valence-electron chi connectivity index (χ2n) is 3.51. The Hall–Kier alpha value is -0.960. The molecule has 0 aliphatic heterocycles. The van der Waals surface area contributed by atoms with Crippen LogP contribution < -0.4 is 4.72 Å². The van der Waals surface area contributed by atoms with Gasteiger partial charge in [0.25, 0.3) is 0 Å². The van der Waals surface area contributed by atoms with E-state index in [0.29, 0.717) is 10.0 Å². The van der Waals surface area contributed by atoms with E-state index in [1.54, 1.807) is 6.92 Å². The van der Waals surface area contributed by atoms with Crippen molar-refractivity contribution in [1.82, 2.24) is 4.72 Å². The van der Waals surface area contributed by atoms with Crippen LogP contribution in [-0.4, -0.2) is 37.8 Å². The highest BCUT2D eigenvalue weighted by molar-refractivity contribution is 9.10. The van der Waals surface area contributed by atoms with Crippen LogP contribution in [0.15, 0.2) is 21.5 Å². The van der Waals surface area contributed by atoms with Crippen LogP contribution in [0, 0.1) is 6.92 Å².